The minimum atomic E-state index is -0.332. The minimum absolute atomic E-state index is 0.168. The van der Waals surface area contributed by atoms with E-state index in [9.17, 15) is 9.18 Å². The number of nitrogens with zero attached hydrogens (tertiary/aromatic N) is 4. The Hall–Kier alpha value is -3.92. The number of rotatable bonds is 8. The highest BCUT2D eigenvalue weighted by molar-refractivity contribution is 7.98. The maximum absolute atomic E-state index is 13.5. The molecule has 2 aromatic heterocycles. The number of benzene rings is 2. The molecular formula is C24H20FN5O3S. The number of aromatic nitrogens is 4. The van der Waals surface area contributed by atoms with Crippen molar-refractivity contribution in [3.63, 3.8) is 0 Å². The summed E-state index contributed by atoms with van der Waals surface area (Å²) in [6.07, 6.45) is 3.66. The standard InChI is InChI=1S/C24H20FN5O3S/c25-18-2-4-19(5-3-18)30-22(28-29-24(30)34-14-16-7-9-26-10-8-16)13-27-23(31)12-17-1-6-20-21(11-17)33-15-32-20/h1-11H,12-15H2,(H,27,31). The third-order valence-corrected chi connectivity index (χ3v) is 6.15. The Kier molecular flexibility index (Phi) is 6.39. The summed E-state index contributed by atoms with van der Waals surface area (Å²) in [5.74, 6) is 2.02. The fraction of sp³-hybridized carbons (Fsp3) is 0.167. The Balaban J connectivity index is 1.30. The van der Waals surface area contributed by atoms with Gasteiger partial charge in [-0.2, -0.15) is 0 Å². The summed E-state index contributed by atoms with van der Waals surface area (Å²) in [4.78, 5) is 16.6. The zero-order valence-corrected chi connectivity index (χ0v) is 18.8. The number of carbonyl (C=O) groups excluding carboxylic acids is 1. The molecule has 1 amide bonds. The molecule has 3 heterocycles. The van der Waals surface area contributed by atoms with Crippen molar-refractivity contribution in [3.8, 4) is 17.2 Å². The number of amides is 1. The number of ether oxygens (including phenoxy) is 2. The second-order valence-electron chi connectivity index (χ2n) is 7.50. The van der Waals surface area contributed by atoms with E-state index in [1.165, 1.54) is 23.9 Å². The van der Waals surface area contributed by atoms with Crippen LogP contribution in [0.4, 0.5) is 4.39 Å². The highest BCUT2D eigenvalue weighted by Crippen LogP contribution is 2.32. The van der Waals surface area contributed by atoms with Crippen LogP contribution in [0.3, 0.4) is 0 Å². The summed E-state index contributed by atoms with van der Waals surface area (Å²) in [5.41, 5.74) is 2.62. The van der Waals surface area contributed by atoms with Crippen molar-refractivity contribution in [1.82, 2.24) is 25.1 Å². The van der Waals surface area contributed by atoms with Crippen LogP contribution in [-0.2, 0) is 23.5 Å². The van der Waals surface area contributed by atoms with Crippen LogP contribution in [0.25, 0.3) is 5.69 Å². The minimum Gasteiger partial charge on any atom is -0.454 e. The van der Waals surface area contributed by atoms with Crippen LogP contribution in [0.2, 0.25) is 0 Å². The van der Waals surface area contributed by atoms with Gasteiger partial charge in [0.15, 0.2) is 22.5 Å². The predicted octanol–water partition coefficient (Wildman–Crippen LogP) is 3.68. The first kappa shape index (κ1) is 21.9. The molecule has 0 bridgehead atoms. The van der Waals surface area contributed by atoms with Gasteiger partial charge in [0.05, 0.1) is 13.0 Å². The number of halogens is 1. The molecule has 0 spiro atoms. The number of pyridine rings is 1. The quantitative estimate of drug-likeness (QED) is 0.387. The molecule has 2 aromatic carbocycles. The molecule has 8 nitrogen and oxygen atoms in total. The average molecular weight is 478 g/mol. The number of thioether (sulfide) groups is 1. The molecule has 0 fully saturated rings. The van der Waals surface area contributed by atoms with Crippen molar-refractivity contribution >= 4 is 17.7 Å². The SMILES string of the molecule is O=C(Cc1ccc2c(c1)OCO2)NCc1nnc(SCc2ccncc2)n1-c1ccc(F)cc1. The van der Waals surface area contributed by atoms with Crippen LogP contribution >= 0.6 is 11.8 Å². The second kappa shape index (κ2) is 9.92. The van der Waals surface area contributed by atoms with E-state index in [2.05, 4.69) is 20.5 Å². The fourth-order valence-corrected chi connectivity index (χ4v) is 4.39. The van der Waals surface area contributed by atoms with Crippen LogP contribution in [0, 0.1) is 5.82 Å². The highest BCUT2D eigenvalue weighted by Gasteiger charge is 2.17. The van der Waals surface area contributed by atoms with Crippen molar-refractivity contribution in [1.29, 1.82) is 0 Å². The van der Waals surface area contributed by atoms with Gasteiger partial charge in [-0.3, -0.25) is 14.3 Å². The molecule has 1 aliphatic heterocycles. The Morgan fingerprint density at radius 3 is 2.62 bits per heavy atom. The highest BCUT2D eigenvalue weighted by atomic mass is 32.2. The predicted molar refractivity (Wildman–Crippen MR) is 123 cm³/mol. The number of hydrogen-bond donors (Lipinski definition) is 1. The Morgan fingerprint density at radius 2 is 1.79 bits per heavy atom. The maximum atomic E-state index is 13.5. The largest absolute Gasteiger partial charge is 0.454 e. The summed E-state index contributed by atoms with van der Waals surface area (Å²) in [5, 5.41) is 12.1. The van der Waals surface area contributed by atoms with Crippen molar-refractivity contribution in [2.45, 2.75) is 23.9 Å². The van der Waals surface area contributed by atoms with Gasteiger partial charge in [0.25, 0.3) is 0 Å². The summed E-state index contributed by atoms with van der Waals surface area (Å²) in [7, 11) is 0. The van der Waals surface area contributed by atoms with E-state index in [0.29, 0.717) is 33.9 Å². The number of carbonyl (C=O) groups is 1. The smallest absolute Gasteiger partial charge is 0.231 e. The molecule has 4 aromatic rings. The van der Waals surface area contributed by atoms with Crippen LogP contribution in [0.5, 0.6) is 11.5 Å². The molecule has 0 radical (unpaired) electrons. The van der Waals surface area contributed by atoms with Crippen molar-refractivity contribution < 1.29 is 18.7 Å². The van der Waals surface area contributed by atoms with Gasteiger partial charge in [0.1, 0.15) is 5.82 Å². The maximum Gasteiger partial charge on any atom is 0.231 e. The lowest BCUT2D eigenvalue weighted by molar-refractivity contribution is -0.120. The topological polar surface area (TPSA) is 91.2 Å². The van der Waals surface area contributed by atoms with E-state index >= 15 is 0 Å². The monoisotopic (exact) mass is 477 g/mol. The Morgan fingerprint density at radius 1 is 1.00 bits per heavy atom. The van der Waals surface area contributed by atoms with Crippen molar-refractivity contribution in [2.75, 3.05) is 6.79 Å². The molecule has 172 valence electrons. The fourth-order valence-electron chi connectivity index (χ4n) is 3.46. The second-order valence-corrected chi connectivity index (χ2v) is 8.44. The lowest BCUT2D eigenvalue weighted by Crippen LogP contribution is -2.26. The number of hydrogen-bond acceptors (Lipinski definition) is 7. The van der Waals surface area contributed by atoms with Crippen LogP contribution in [0.15, 0.2) is 72.1 Å². The normalized spacial score (nSPS) is 12.0. The van der Waals surface area contributed by atoms with Crippen LogP contribution < -0.4 is 14.8 Å². The first-order chi connectivity index (χ1) is 16.7. The summed E-state index contributed by atoms with van der Waals surface area (Å²) >= 11 is 1.50. The molecule has 0 unspecified atom stereocenters. The lowest BCUT2D eigenvalue weighted by Gasteiger charge is -2.11. The molecule has 5 rings (SSSR count). The van der Waals surface area contributed by atoms with E-state index in [0.717, 1.165) is 11.1 Å². The molecular weight excluding hydrogens is 457 g/mol. The van der Waals surface area contributed by atoms with Gasteiger partial charge >= 0.3 is 0 Å². The molecule has 10 heteroatoms. The lowest BCUT2D eigenvalue weighted by atomic mass is 10.1. The number of nitrogens with one attached hydrogen (secondary N) is 1. The van der Waals surface area contributed by atoms with Gasteiger partial charge in [-0.05, 0) is 59.7 Å². The zero-order valence-electron chi connectivity index (χ0n) is 18.0. The molecule has 0 saturated heterocycles. The molecule has 1 aliphatic rings. The van der Waals surface area contributed by atoms with Gasteiger partial charge in [0.2, 0.25) is 12.7 Å². The molecule has 0 aliphatic carbocycles. The van der Waals surface area contributed by atoms with Gasteiger partial charge in [-0.15, -0.1) is 10.2 Å². The first-order valence-electron chi connectivity index (χ1n) is 10.5. The van der Waals surface area contributed by atoms with Gasteiger partial charge in [-0.25, -0.2) is 4.39 Å². The first-order valence-corrected chi connectivity index (χ1v) is 11.5. The molecule has 1 N–H and O–H groups in total. The molecule has 0 saturated carbocycles. The van der Waals surface area contributed by atoms with Gasteiger partial charge in [-0.1, -0.05) is 17.8 Å². The van der Waals surface area contributed by atoms with Crippen molar-refractivity contribution in [2.24, 2.45) is 0 Å². The Bertz CT molecular complexity index is 1300. The van der Waals surface area contributed by atoms with Crippen LogP contribution in [-0.4, -0.2) is 32.4 Å². The van der Waals surface area contributed by atoms with E-state index in [-0.39, 0.29) is 31.5 Å². The number of fused-ring (bicyclic) bond motifs is 1. The van der Waals surface area contributed by atoms with Crippen LogP contribution in [0.1, 0.15) is 17.0 Å². The Labute approximate surface area is 199 Å². The molecule has 0 atom stereocenters. The van der Waals surface area contributed by atoms with E-state index in [1.807, 2.05) is 22.8 Å². The molecule has 34 heavy (non-hydrogen) atoms. The van der Waals surface area contributed by atoms with E-state index in [4.69, 9.17) is 9.47 Å². The summed E-state index contributed by atoms with van der Waals surface area (Å²) < 4.78 is 26.0. The third kappa shape index (κ3) is 5.01. The van der Waals surface area contributed by atoms with E-state index in [1.54, 1.807) is 36.7 Å². The van der Waals surface area contributed by atoms with Crippen molar-refractivity contribution in [3.05, 3.63) is 89.8 Å². The average Bonchev–Trinajstić information content (AvgIpc) is 3.49. The van der Waals surface area contributed by atoms with E-state index < -0.39 is 0 Å². The third-order valence-electron chi connectivity index (χ3n) is 5.15. The summed E-state index contributed by atoms with van der Waals surface area (Å²) in [6, 6.07) is 15.4. The zero-order chi connectivity index (χ0) is 23.3. The van der Waals surface area contributed by atoms with Gasteiger partial charge < -0.3 is 14.8 Å². The van der Waals surface area contributed by atoms with Gasteiger partial charge in [0, 0.05) is 23.8 Å². The summed E-state index contributed by atoms with van der Waals surface area (Å²) in [6.45, 7) is 0.356.